The number of nitrogens with one attached hydrogen (secondary N) is 1. The van der Waals surface area contributed by atoms with Gasteiger partial charge in [0.25, 0.3) is 0 Å². The molecular formula is C23H17FN2O3S. The maximum atomic E-state index is 13.2. The first-order chi connectivity index (χ1) is 14.6. The number of carbonyl (C=O) groups is 1. The van der Waals surface area contributed by atoms with E-state index < -0.39 is 5.97 Å². The Bertz CT molecular complexity index is 1210. The lowest BCUT2D eigenvalue weighted by molar-refractivity contribution is 0.0698. The average Bonchev–Trinajstić information content (AvgIpc) is 3.25. The van der Waals surface area contributed by atoms with Gasteiger partial charge in [-0.2, -0.15) is 0 Å². The van der Waals surface area contributed by atoms with Crippen molar-refractivity contribution in [2.24, 2.45) is 0 Å². The zero-order chi connectivity index (χ0) is 21.1. The molecule has 0 saturated heterocycles. The number of nitrogens with zero attached hydrogens (tertiary/aromatic N) is 1. The fourth-order valence-electron chi connectivity index (χ4n) is 3.17. The van der Waals surface area contributed by atoms with Crippen molar-refractivity contribution in [3.8, 4) is 33.0 Å². The number of carboxylic acids is 1. The number of benzene rings is 3. The summed E-state index contributed by atoms with van der Waals surface area (Å²) in [7, 11) is 1.50. The van der Waals surface area contributed by atoms with Crippen LogP contribution in [0.5, 0.6) is 0 Å². The first-order valence-corrected chi connectivity index (χ1v) is 9.92. The number of aromatic nitrogens is 1. The molecule has 0 bridgehead atoms. The normalized spacial score (nSPS) is 10.7. The predicted octanol–water partition coefficient (Wildman–Crippen LogP) is 5.95. The summed E-state index contributed by atoms with van der Waals surface area (Å²) >= 11 is 1.40. The molecule has 0 atom stereocenters. The first kappa shape index (κ1) is 19.8. The summed E-state index contributed by atoms with van der Waals surface area (Å²) in [4.78, 5) is 21.6. The smallest absolute Gasteiger partial charge is 0.336 e. The summed E-state index contributed by atoms with van der Waals surface area (Å²) in [6.07, 6.45) is 0. The third-order valence-corrected chi connectivity index (χ3v) is 5.46. The van der Waals surface area contributed by atoms with E-state index in [9.17, 15) is 14.3 Å². The van der Waals surface area contributed by atoms with Crippen molar-refractivity contribution >= 4 is 23.0 Å². The number of hydrogen-bond donors (Lipinski definition) is 2. The second kappa shape index (κ2) is 8.44. The SMILES string of the molecule is CONc1ccccc1-c1ccc(-c2nc(-c3ccc(F)cc3)cs2)cc1C(=O)O. The van der Waals surface area contributed by atoms with E-state index in [1.165, 1.54) is 30.6 Å². The van der Waals surface area contributed by atoms with Gasteiger partial charge in [-0.05, 0) is 42.0 Å². The molecule has 30 heavy (non-hydrogen) atoms. The molecule has 1 heterocycles. The van der Waals surface area contributed by atoms with Crippen LogP contribution in [0.15, 0.2) is 72.1 Å². The number of carboxylic acid groups (broad SMARTS) is 1. The van der Waals surface area contributed by atoms with Gasteiger partial charge in [-0.1, -0.05) is 30.3 Å². The van der Waals surface area contributed by atoms with E-state index >= 15 is 0 Å². The van der Waals surface area contributed by atoms with Gasteiger partial charge >= 0.3 is 5.97 Å². The van der Waals surface area contributed by atoms with Crippen LogP contribution in [0.25, 0.3) is 33.0 Å². The quantitative estimate of drug-likeness (QED) is 0.377. The van der Waals surface area contributed by atoms with E-state index in [0.29, 0.717) is 27.5 Å². The molecule has 0 fully saturated rings. The zero-order valence-corrected chi connectivity index (χ0v) is 16.7. The van der Waals surface area contributed by atoms with Crippen LogP contribution in [0.3, 0.4) is 0 Å². The standard InChI is InChI=1S/C23H17FN2O3S/c1-29-26-20-5-3-2-4-18(20)17-11-8-15(12-19(17)23(27)28)22-25-21(13-30-22)14-6-9-16(24)10-7-14/h2-13,26H,1H3,(H,27,28). The maximum absolute atomic E-state index is 13.2. The van der Waals surface area contributed by atoms with Gasteiger partial charge in [-0.3, -0.25) is 10.3 Å². The Hall–Kier alpha value is -3.55. The molecule has 4 aromatic rings. The molecule has 0 spiro atoms. The molecule has 5 nitrogen and oxygen atoms in total. The Kier molecular flexibility index (Phi) is 5.56. The van der Waals surface area contributed by atoms with Crippen molar-refractivity contribution in [3.63, 3.8) is 0 Å². The summed E-state index contributed by atoms with van der Waals surface area (Å²) in [5.74, 6) is -1.34. The highest BCUT2D eigenvalue weighted by Gasteiger charge is 2.17. The number of para-hydroxylation sites is 1. The van der Waals surface area contributed by atoms with E-state index in [4.69, 9.17) is 4.84 Å². The number of rotatable bonds is 6. The second-order valence-corrected chi connectivity index (χ2v) is 7.32. The lowest BCUT2D eigenvalue weighted by atomic mass is 9.96. The van der Waals surface area contributed by atoms with Crippen molar-refractivity contribution in [1.82, 2.24) is 4.98 Å². The Morgan fingerprint density at radius 1 is 1.03 bits per heavy atom. The summed E-state index contributed by atoms with van der Waals surface area (Å²) in [5, 5.41) is 12.4. The summed E-state index contributed by atoms with van der Waals surface area (Å²) in [6, 6.07) is 18.7. The lowest BCUT2D eigenvalue weighted by Crippen LogP contribution is -2.03. The van der Waals surface area contributed by atoms with Crippen molar-refractivity contribution in [1.29, 1.82) is 0 Å². The molecule has 0 unspecified atom stereocenters. The number of aromatic carboxylic acids is 1. The first-order valence-electron chi connectivity index (χ1n) is 9.04. The van der Waals surface area contributed by atoms with Crippen molar-refractivity contribution in [2.75, 3.05) is 12.6 Å². The van der Waals surface area contributed by atoms with Gasteiger partial charge < -0.3 is 5.11 Å². The third-order valence-electron chi connectivity index (χ3n) is 4.57. The number of hydrogen-bond acceptors (Lipinski definition) is 5. The molecule has 0 radical (unpaired) electrons. The summed E-state index contributed by atoms with van der Waals surface area (Å²) in [6.45, 7) is 0. The van der Waals surface area contributed by atoms with Gasteiger partial charge in [0, 0.05) is 22.1 Å². The third kappa shape index (κ3) is 3.94. The van der Waals surface area contributed by atoms with Crippen LogP contribution in [-0.4, -0.2) is 23.2 Å². The summed E-state index contributed by atoms with van der Waals surface area (Å²) < 4.78 is 13.2. The number of anilines is 1. The molecule has 0 aliphatic heterocycles. The van der Waals surface area contributed by atoms with Gasteiger partial charge in [-0.15, -0.1) is 11.3 Å². The van der Waals surface area contributed by atoms with Crippen LogP contribution < -0.4 is 5.48 Å². The average molecular weight is 420 g/mol. The zero-order valence-electron chi connectivity index (χ0n) is 15.9. The van der Waals surface area contributed by atoms with Crippen molar-refractivity contribution in [2.45, 2.75) is 0 Å². The topological polar surface area (TPSA) is 71.5 Å². The minimum absolute atomic E-state index is 0.163. The Balaban J connectivity index is 1.75. The van der Waals surface area contributed by atoms with E-state index in [1.807, 2.05) is 35.7 Å². The highest BCUT2D eigenvalue weighted by Crippen LogP contribution is 2.35. The fourth-order valence-corrected chi connectivity index (χ4v) is 3.99. The lowest BCUT2D eigenvalue weighted by Gasteiger charge is -2.13. The minimum atomic E-state index is -1.03. The van der Waals surface area contributed by atoms with Gasteiger partial charge in [0.1, 0.15) is 10.8 Å². The molecule has 4 rings (SSSR count). The van der Waals surface area contributed by atoms with E-state index in [0.717, 1.165) is 11.1 Å². The Labute approximate surface area is 176 Å². The second-order valence-electron chi connectivity index (χ2n) is 6.46. The molecular weight excluding hydrogens is 403 g/mol. The van der Waals surface area contributed by atoms with Gasteiger partial charge in [0.15, 0.2) is 0 Å². The molecule has 3 aromatic carbocycles. The van der Waals surface area contributed by atoms with Crippen LogP contribution in [0.2, 0.25) is 0 Å². The van der Waals surface area contributed by atoms with Crippen LogP contribution in [0.1, 0.15) is 10.4 Å². The molecule has 0 saturated carbocycles. The monoisotopic (exact) mass is 420 g/mol. The predicted molar refractivity (Wildman–Crippen MR) is 116 cm³/mol. The molecule has 0 aliphatic rings. The van der Waals surface area contributed by atoms with Gasteiger partial charge in [-0.25, -0.2) is 14.2 Å². The molecule has 0 aliphatic carbocycles. The van der Waals surface area contributed by atoms with Gasteiger partial charge in [0.05, 0.1) is 24.1 Å². The molecule has 1 aromatic heterocycles. The Morgan fingerprint density at radius 3 is 2.50 bits per heavy atom. The van der Waals surface area contributed by atoms with E-state index in [1.54, 1.807) is 24.3 Å². The van der Waals surface area contributed by atoms with Crippen molar-refractivity contribution < 1.29 is 19.1 Å². The maximum Gasteiger partial charge on any atom is 0.336 e. The fraction of sp³-hybridized carbons (Fsp3) is 0.0435. The minimum Gasteiger partial charge on any atom is -0.478 e. The summed E-state index contributed by atoms with van der Waals surface area (Å²) in [5.41, 5.74) is 7.12. The van der Waals surface area contributed by atoms with Crippen molar-refractivity contribution in [3.05, 3.63) is 83.5 Å². The highest BCUT2D eigenvalue weighted by molar-refractivity contribution is 7.13. The van der Waals surface area contributed by atoms with Crippen LogP contribution in [0, 0.1) is 5.82 Å². The van der Waals surface area contributed by atoms with Gasteiger partial charge in [0.2, 0.25) is 0 Å². The van der Waals surface area contributed by atoms with Crippen LogP contribution in [-0.2, 0) is 4.84 Å². The van der Waals surface area contributed by atoms with Crippen LogP contribution >= 0.6 is 11.3 Å². The van der Waals surface area contributed by atoms with Crippen LogP contribution in [0.4, 0.5) is 10.1 Å². The largest absolute Gasteiger partial charge is 0.478 e. The molecule has 2 N–H and O–H groups in total. The Morgan fingerprint density at radius 2 is 1.77 bits per heavy atom. The molecule has 0 amide bonds. The van der Waals surface area contributed by atoms with E-state index in [-0.39, 0.29) is 11.4 Å². The highest BCUT2D eigenvalue weighted by atomic mass is 32.1. The number of thiazole rings is 1. The number of halogens is 1. The molecule has 150 valence electrons. The molecule has 7 heteroatoms. The van der Waals surface area contributed by atoms with E-state index in [2.05, 4.69) is 10.5 Å².